The molecule has 2 fully saturated rings. The Balaban J connectivity index is 1.31. The predicted octanol–water partition coefficient (Wildman–Crippen LogP) is 3.41. The lowest BCUT2D eigenvalue weighted by Crippen LogP contribution is -2.50. The summed E-state index contributed by atoms with van der Waals surface area (Å²) in [5, 5.41) is 7.24. The summed E-state index contributed by atoms with van der Waals surface area (Å²) < 4.78 is 0. The topological polar surface area (TPSA) is 52.2 Å². The number of rotatable bonds is 4. The number of nitrogens with zero attached hydrogens (tertiary/aromatic N) is 3. The molecule has 1 saturated heterocycles. The Morgan fingerprint density at radius 2 is 1.77 bits per heavy atom. The van der Waals surface area contributed by atoms with E-state index >= 15 is 0 Å². The minimum Gasteiger partial charge on any atom is -0.335 e. The first-order chi connectivity index (χ1) is 12.8. The molecule has 1 aromatic heterocycles. The maximum absolute atomic E-state index is 12.8. The van der Waals surface area contributed by atoms with E-state index in [4.69, 9.17) is 0 Å². The second-order valence-electron chi connectivity index (χ2n) is 7.63. The number of aromatic nitrogens is 2. The number of amides is 1. The van der Waals surface area contributed by atoms with Gasteiger partial charge in [0.25, 0.3) is 5.91 Å². The van der Waals surface area contributed by atoms with Crippen LogP contribution in [0.15, 0.2) is 36.4 Å². The summed E-state index contributed by atoms with van der Waals surface area (Å²) in [5.74, 6) is 0.934. The Morgan fingerprint density at radius 1 is 1.04 bits per heavy atom. The van der Waals surface area contributed by atoms with Gasteiger partial charge in [0.2, 0.25) is 0 Å². The molecule has 1 aliphatic carbocycles. The van der Waals surface area contributed by atoms with Crippen molar-refractivity contribution in [3.63, 3.8) is 0 Å². The van der Waals surface area contributed by atoms with Crippen LogP contribution in [0.1, 0.15) is 42.6 Å². The second-order valence-corrected chi connectivity index (χ2v) is 7.63. The molecule has 138 valence electrons. The van der Waals surface area contributed by atoms with Gasteiger partial charge < -0.3 is 4.90 Å². The van der Waals surface area contributed by atoms with Crippen LogP contribution in [0.2, 0.25) is 0 Å². The van der Waals surface area contributed by atoms with E-state index in [0.717, 1.165) is 43.4 Å². The Labute approximate surface area is 155 Å². The van der Waals surface area contributed by atoms with Gasteiger partial charge in [-0.05, 0) is 24.8 Å². The number of hydrogen-bond donors (Lipinski definition) is 1. The van der Waals surface area contributed by atoms with E-state index < -0.39 is 0 Å². The summed E-state index contributed by atoms with van der Waals surface area (Å²) in [5.41, 5.74) is 2.44. The molecule has 26 heavy (non-hydrogen) atoms. The van der Waals surface area contributed by atoms with Gasteiger partial charge in [-0.3, -0.25) is 14.8 Å². The minimum atomic E-state index is 0.0667. The fourth-order valence-electron chi connectivity index (χ4n) is 4.23. The first kappa shape index (κ1) is 17.3. The largest absolute Gasteiger partial charge is 0.335 e. The molecular weight excluding hydrogens is 324 g/mol. The highest BCUT2D eigenvalue weighted by atomic mass is 16.2. The second kappa shape index (κ2) is 8.04. The van der Waals surface area contributed by atoms with Gasteiger partial charge >= 0.3 is 0 Å². The van der Waals surface area contributed by atoms with Crippen LogP contribution in [0.5, 0.6) is 0 Å². The summed E-state index contributed by atoms with van der Waals surface area (Å²) in [7, 11) is 0. The highest BCUT2D eigenvalue weighted by molar-refractivity contribution is 5.93. The van der Waals surface area contributed by atoms with Gasteiger partial charge in [0.1, 0.15) is 5.69 Å². The molecule has 0 spiro atoms. The van der Waals surface area contributed by atoms with Crippen molar-refractivity contribution in [2.75, 3.05) is 32.7 Å². The van der Waals surface area contributed by atoms with E-state index in [0.29, 0.717) is 5.69 Å². The Hall–Kier alpha value is -2.14. The smallest absolute Gasteiger partial charge is 0.271 e. The van der Waals surface area contributed by atoms with E-state index in [1.807, 2.05) is 41.3 Å². The molecule has 0 atom stereocenters. The molecule has 0 radical (unpaired) electrons. The summed E-state index contributed by atoms with van der Waals surface area (Å²) >= 11 is 0. The van der Waals surface area contributed by atoms with Crippen molar-refractivity contribution < 1.29 is 4.79 Å². The first-order valence-electron chi connectivity index (χ1n) is 9.92. The van der Waals surface area contributed by atoms with Gasteiger partial charge in [-0.25, -0.2) is 0 Å². The maximum Gasteiger partial charge on any atom is 0.271 e. The van der Waals surface area contributed by atoms with Crippen LogP contribution in [-0.4, -0.2) is 58.6 Å². The molecule has 0 unspecified atom stereocenters. The van der Waals surface area contributed by atoms with Crippen molar-refractivity contribution >= 4 is 5.91 Å². The lowest BCUT2D eigenvalue weighted by atomic mass is 9.89. The van der Waals surface area contributed by atoms with Crippen molar-refractivity contribution in [1.82, 2.24) is 20.0 Å². The third-order valence-corrected chi connectivity index (χ3v) is 5.78. The zero-order chi connectivity index (χ0) is 17.8. The number of nitrogens with one attached hydrogen (secondary N) is 1. The fourth-order valence-corrected chi connectivity index (χ4v) is 4.23. The van der Waals surface area contributed by atoms with E-state index in [9.17, 15) is 4.79 Å². The Kier molecular flexibility index (Phi) is 5.34. The number of H-pyrrole nitrogens is 1. The Morgan fingerprint density at radius 3 is 2.50 bits per heavy atom. The highest BCUT2D eigenvalue weighted by Crippen LogP contribution is 2.25. The van der Waals surface area contributed by atoms with Crippen LogP contribution in [-0.2, 0) is 0 Å². The number of aromatic amines is 1. The van der Waals surface area contributed by atoms with Gasteiger partial charge in [-0.1, -0.05) is 49.6 Å². The zero-order valence-electron chi connectivity index (χ0n) is 15.4. The van der Waals surface area contributed by atoms with Gasteiger partial charge in [0.05, 0.1) is 5.69 Å². The van der Waals surface area contributed by atoms with Crippen LogP contribution >= 0.6 is 0 Å². The van der Waals surface area contributed by atoms with Crippen LogP contribution in [0.4, 0.5) is 0 Å². The molecule has 1 amide bonds. The predicted molar refractivity (Wildman–Crippen MR) is 103 cm³/mol. The molecule has 5 heteroatoms. The zero-order valence-corrected chi connectivity index (χ0v) is 15.4. The highest BCUT2D eigenvalue weighted by Gasteiger charge is 2.25. The molecule has 2 heterocycles. The van der Waals surface area contributed by atoms with E-state index in [1.54, 1.807) is 0 Å². The number of piperazine rings is 1. The molecule has 1 saturated carbocycles. The lowest BCUT2D eigenvalue weighted by Gasteiger charge is -2.37. The van der Waals surface area contributed by atoms with Crippen molar-refractivity contribution in [3.8, 4) is 11.3 Å². The van der Waals surface area contributed by atoms with Gasteiger partial charge in [0.15, 0.2) is 0 Å². The lowest BCUT2D eigenvalue weighted by molar-refractivity contribution is 0.0600. The average Bonchev–Trinajstić information content (AvgIpc) is 3.20. The number of carbonyl (C=O) groups is 1. The van der Waals surface area contributed by atoms with Gasteiger partial charge in [-0.2, -0.15) is 5.10 Å². The summed E-state index contributed by atoms with van der Waals surface area (Å²) in [6.07, 6.45) is 6.97. The van der Waals surface area contributed by atoms with Crippen molar-refractivity contribution in [1.29, 1.82) is 0 Å². The summed E-state index contributed by atoms with van der Waals surface area (Å²) in [6, 6.07) is 11.8. The molecule has 1 aromatic carbocycles. The molecular formula is C21H28N4O. The Bertz CT molecular complexity index is 713. The van der Waals surface area contributed by atoms with Gasteiger partial charge in [0, 0.05) is 38.3 Å². The van der Waals surface area contributed by atoms with Crippen molar-refractivity contribution in [2.45, 2.75) is 32.1 Å². The standard InChI is InChI=1S/C21H28N4O/c26-21(20-15-19(22-23-20)18-9-5-2-6-10-18)25-13-11-24(12-14-25)16-17-7-3-1-4-8-17/h2,5-6,9-10,15,17H,1,3-4,7-8,11-14,16H2,(H,22,23). The third-order valence-electron chi connectivity index (χ3n) is 5.78. The summed E-state index contributed by atoms with van der Waals surface area (Å²) in [6.45, 7) is 4.81. The first-order valence-corrected chi connectivity index (χ1v) is 9.92. The SMILES string of the molecule is O=C(c1cc(-c2ccccc2)n[nH]1)N1CCN(CC2CCCCC2)CC1. The van der Waals surface area contributed by atoms with Crippen LogP contribution < -0.4 is 0 Å². The van der Waals surface area contributed by atoms with Gasteiger partial charge in [-0.15, -0.1) is 0 Å². The molecule has 1 aliphatic heterocycles. The average molecular weight is 352 g/mol. The molecule has 0 bridgehead atoms. The van der Waals surface area contributed by atoms with Crippen LogP contribution in [0.3, 0.4) is 0 Å². The van der Waals surface area contributed by atoms with E-state index in [2.05, 4.69) is 15.1 Å². The summed E-state index contributed by atoms with van der Waals surface area (Å²) in [4.78, 5) is 17.3. The molecule has 1 N–H and O–H groups in total. The minimum absolute atomic E-state index is 0.0667. The molecule has 2 aliphatic rings. The number of benzene rings is 1. The fraction of sp³-hybridized carbons (Fsp3) is 0.524. The maximum atomic E-state index is 12.8. The molecule has 2 aromatic rings. The van der Waals surface area contributed by atoms with Crippen molar-refractivity contribution in [2.24, 2.45) is 5.92 Å². The normalized spacial score (nSPS) is 19.6. The molecule has 4 rings (SSSR count). The molecule has 5 nitrogen and oxygen atoms in total. The van der Waals surface area contributed by atoms with Crippen LogP contribution in [0, 0.1) is 5.92 Å². The van der Waals surface area contributed by atoms with Crippen molar-refractivity contribution in [3.05, 3.63) is 42.1 Å². The number of carbonyl (C=O) groups excluding carboxylic acids is 1. The van der Waals surface area contributed by atoms with E-state index in [1.165, 1.54) is 38.6 Å². The van der Waals surface area contributed by atoms with Crippen LogP contribution in [0.25, 0.3) is 11.3 Å². The quantitative estimate of drug-likeness (QED) is 0.917. The number of hydrogen-bond acceptors (Lipinski definition) is 3. The monoisotopic (exact) mass is 352 g/mol. The third kappa shape index (κ3) is 3.98. The van der Waals surface area contributed by atoms with E-state index in [-0.39, 0.29) is 5.91 Å².